The third kappa shape index (κ3) is 2.25. The third-order valence-corrected chi connectivity index (χ3v) is 6.27. The molecule has 0 amide bonds. The van der Waals surface area contributed by atoms with Gasteiger partial charge < -0.3 is 20.4 Å². The first kappa shape index (κ1) is 13.8. The Morgan fingerprint density at radius 1 is 1.14 bits per heavy atom. The summed E-state index contributed by atoms with van der Waals surface area (Å²) >= 11 is 0. The topological polar surface area (TPSA) is 77.1 Å². The standard InChI is InChI=1S/C16H26N2O3/c17-14(18-21-10-15(7-19)8-20-9-15)16-4-11-1-12(5-16)3-13(2-11)6-16/h11-13,19H,1-10H2,(H2,17,18). The number of nitrogens with zero attached hydrogens (tertiary/aromatic N) is 1. The summed E-state index contributed by atoms with van der Waals surface area (Å²) in [5, 5.41) is 13.6. The van der Waals surface area contributed by atoms with Gasteiger partial charge in [-0.3, -0.25) is 0 Å². The smallest absolute Gasteiger partial charge is 0.145 e. The van der Waals surface area contributed by atoms with Gasteiger partial charge in [0.2, 0.25) is 0 Å². The van der Waals surface area contributed by atoms with Crippen LogP contribution in [0.25, 0.3) is 0 Å². The third-order valence-electron chi connectivity index (χ3n) is 6.27. The Morgan fingerprint density at radius 3 is 2.14 bits per heavy atom. The maximum Gasteiger partial charge on any atom is 0.145 e. The monoisotopic (exact) mass is 294 g/mol. The van der Waals surface area contributed by atoms with Gasteiger partial charge in [0.05, 0.1) is 25.2 Å². The van der Waals surface area contributed by atoms with Crippen LogP contribution in [0.3, 0.4) is 0 Å². The Morgan fingerprint density at radius 2 is 1.71 bits per heavy atom. The summed E-state index contributed by atoms with van der Waals surface area (Å²) in [5.74, 6) is 3.27. The van der Waals surface area contributed by atoms with Crippen molar-refractivity contribution in [2.45, 2.75) is 38.5 Å². The van der Waals surface area contributed by atoms with Crippen LogP contribution in [0.1, 0.15) is 38.5 Å². The van der Waals surface area contributed by atoms with E-state index in [2.05, 4.69) is 5.16 Å². The van der Waals surface area contributed by atoms with Gasteiger partial charge in [-0.15, -0.1) is 0 Å². The average molecular weight is 294 g/mol. The van der Waals surface area contributed by atoms with Crippen molar-refractivity contribution in [3.05, 3.63) is 0 Å². The maximum atomic E-state index is 9.39. The molecule has 0 aromatic heterocycles. The Labute approximate surface area is 125 Å². The van der Waals surface area contributed by atoms with Crippen molar-refractivity contribution in [3.8, 4) is 0 Å². The number of amidine groups is 1. The molecular weight excluding hydrogens is 268 g/mol. The molecule has 5 nitrogen and oxygen atoms in total. The van der Waals surface area contributed by atoms with E-state index in [0.717, 1.165) is 17.8 Å². The fourth-order valence-corrected chi connectivity index (χ4v) is 5.37. The lowest BCUT2D eigenvalue weighted by molar-refractivity contribution is -0.168. The van der Waals surface area contributed by atoms with E-state index in [1.165, 1.54) is 38.5 Å². The zero-order valence-electron chi connectivity index (χ0n) is 12.6. The van der Waals surface area contributed by atoms with E-state index >= 15 is 0 Å². The average Bonchev–Trinajstić information content (AvgIpc) is 2.40. The number of aliphatic hydroxyl groups excluding tert-OH is 1. The highest BCUT2D eigenvalue weighted by Crippen LogP contribution is 2.60. The van der Waals surface area contributed by atoms with Gasteiger partial charge in [0.1, 0.15) is 12.4 Å². The Bertz CT molecular complexity index is 404. The molecule has 4 aliphatic carbocycles. The van der Waals surface area contributed by atoms with Gasteiger partial charge in [0.25, 0.3) is 0 Å². The van der Waals surface area contributed by atoms with Crippen LogP contribution in [0, 0.1) is 28.6 Å². The summed E-state index contributed by atoms with van der Waals surface area (Å²) in [6, 6.07) is 0. The van der Waals surface area contributed by atoms with E-state index in [0.29, 0.717) is 25.7 Å². The first-order chi connectivity index (χ1) is 10.1. The minimum atomic E-state index is -0.259. The molecule has 5 heteroatoms. The fraction of sp³-hybridized carbons (Fsp3) is 0.938. The summed E-state index contributed by atoms with van der Waals surface area (Å²) < 4.78 is 5.17. The minimum Gasteiger partial charge on any atom is -0.395 e. The van der Waals surface area contributed by atoms with Crippen LogP contribution in [0.5, 0.6) is 0 Å². The highest BCUT2D eigenvalue weighted by molar-refractivity contribution is 5.86. The van der Waals surface area contributed by atoms with Crippen molar-refractivity contribution in [2.75, 3.05) is 26.4 Å². The molecule has 5 fully saturated rings. The van der Waals surface area contributed by atoms with Crippen molar-refractivity contribution in [1.82, 2.24) is 0 Å². The second-order valence-electron chi connectivity index (χ2n) is 8.10. The summed E-state index contributed by atoms with van der Waals surface area (Å²) in [6.07, 6.45) is 7.80. The van der Waals surface area contributed by atoms with E-state index in [1.807, 2.05) is 0 Å². The zero-order valence-corrected chi connectivity index (χ0v) is 12.6. The van der Waals surface area contributed by atoms with Crippen LogP contribution in [-0.2, 0) is 9.57 Å². The van der Waals surface area contributed by atoms with Crippen LogP contribution in [0.4, 0.5) is 0 Å². The quantitative estimate of drug-likeness (QED) is 0.458. The van der Waals surface area contributed by atoms with Crippen molar-refractivity contribution >= 4 is 5.84 Å². The molecule has 3 N–H and O–H groups in total. The zero-order chi connectivity index (χ0) is 14.5. The van der Waals surface area contributed by atoms with Gasteiger partial charge in [-0.25, -0.2) is 0 Å². The molecule has 0 unspecified atom stereocenters. The normalized spacial score (nSPS) is 43.7. The van der Waals surface area contributed by atoms with Gasteiger partial charge in [-0.05, 0) is 56.3 Å². The van der Waals surface area contributed by atoms with Crippen LogP contribution in [0.15, 0.2) is 5.16 Å². The van der Waals surface area contributed by atoms with Crippen molar-refractivity contribution in [1.29, 1.82) is 0 Å². The molecule has 21 heavy (non-hydrogen) atoms. The largest absolute Gasteiger partial charge is 0.395 e. The predicted octanol–water partition coefficient (Wildman–Crippen LogP) is 1.50. The highest BCUT2D eigenvalue weighted by atomic mass is 16.6. The molecule has 118 valence electrons. The first-order valence-electron chi connectivity index (χ1n) is 8.28. The lowest BCUT2D eigenvalue weighted by Crippen LogP contribution is -2.52. The number of hydrogen-bond donors (Lipinski definition) is 2. The molecule has 0 spiro atoms. The Kier molecular flexibility index (Phi) is 3.19. The molecule has 0 radical (unpaired) electrons. The van der Waals surface area contributed by atoms with Crippen LogP contribution >= 0.6 is 0 Å². The molecular formula is C16H26N2O3. The second kappa shape index (κ2) is 4.85. The molecule has 1 saturated heterocycles. The van der Waals surface area contributed by atoms with E-state index < -0.39 is 0 Å². The number of ether oxygens (including phenoxy) is 1. The molecule has 1 heterocycles. The summed E-state index contributed by atoms with van der Waals surface area (Å²) in [7, 11) is 0. The van der Waals surface area contributed by atoms with Crippen molar-refractivity contribution in [3.63, 3.8) is 0 Å². The fourth-order valence-electron chi connectivity index (χ4n) is 5.37. The number of rotatable bonds is 5. The number of oxime groups is 1. The number of hydrogen-bond acceptors (Lipinski definition) is 4. The molecule has 1 aliphatic heterocycles. The summed E-state index contributed by atoms with van der Waals surface area (Å²) in [5.41, 5.74) is 6.18. The van der Waals surface area contributed by atoms with Crippen LogP contribution < -0.4 is 5.73 Å². The molecule has 5 rings (SSSR count). The molecule has 0 aromatic rings. The Balaban J connectivity index is 1.42. The van der Waals surface area contributed by atoms with Gasteiger partial charge in [-0.2, -0.15) is 0 Å². The lowest BCUT2D eigenvalue weighted by atomic mass is 9.49. The van der Waals surface area contributed by atoms with Gasteiger partial charge in [0.15, 0.2) is 0 Å². The SMILES string of the molecule is N/C(=N/OCC1(CO)COC1)C12CC3CC(CC(C3)C1)C2. The van der Waals surface area contributed by atoms with Gasteiger partial charge in [-0.1, -0.05) is 5.16 Å². The predicted molar refractivity (Wildman–Crippen MR) is 78.5 cm³/mol. The summed E-state index contributed by atoms with van der Waals surface area (Å²) in [4.78, 5) is 5.51. The van der Waals surface area contributed by atoms with Crippen LogP contribution in [0.2, 0.25) is 0 Å². The van der Waals surface area contributed by atoms with Crippen LogP contribution in [-0.4, -0.2) is 37.4 Å². The Hall–Kier alpha value is -0.810. The molecule has 4 bridgehead atoms. The number of nitrogens with two attached hydrogens (primary N) is 1. The van der Waals surface area contributed by atoms with Crippen molar-refractivity contribution < 1.29 is 14.7 Å². The molecule has 5 aliphatic rings. The molecule has 0 atom stereocenters. The van der Waals surface area contributed by atoms with Gasteiger partial charge >= 0.3 is 0 Å². The lowest BCUT2D eigenvalue weighted by Gasteiger charge is -2.56. The first-order valence-corrected chi connectivity index (χ1v) is 8.28. The van der Waals surface area contributed by atoms with Gasteiger partial charge in [0, 0.05) is 5.41 Å². The van der Waals surface area contributed by atoms with E-state index in [1.54, 1.807) is 0 Å². The molecule has 4 saturated carbocycles. The van der Waals surface area contributed by atoms with E-state index in [9.17, 15) is 5.11 Å². The minimum absolute atomic E-state index is 0.0831. The van der Waals surface area contributed by atoms with E-state index in [-0.39, 0.29) is 17.4 Å². The van der Waals surface area contributed by atoms with E-state index in [4.69, 9.17) is 15.3 Å². The number of aliphatic hydroxyl groups is 1. The maximum absolute atomic E-state index is 9.39. The highest BCUT2D eigenvalue weighted by Gasteiger charge is 2.53. The van der Waals surface area contributed by atoms with Crippen molar-refractivity contribution in [2.24, 2.45) is 39.5 Å². The second-order valence-corrected chi connectivity index (χ2v) is 8.10. The molecule has 0 aromatic carbocycles. The summed E-state index contributed by atoms with van der Waals surface area (Å²) in [6.45, 7) is 1.59.